The third kappa shape index (κ3) is 3.64. The van der Waals surface area contributed by atoms with E-state index in [4.69, 9.17) is 0 Å². The zero-order chi connectivity index (χ0) is 13.8. The van der Waals surface area contributed by atoms with Gasteiger partial charge in [0, 0.05) is 25.1 Å². The molecule has 2 rings (SSSR count). The van der Waals surface area contributed by atoms with E-state index in [1.165, 1.54) is 0 Å². The molecule has 104 valence electrons. The lowest BCUT2D eigenvalue weighted by Crippen LogP contribution is -2.43. The normalized spacial score (nSPS) is 24.4. The highest BCUT2D eigenvalue weighted by molar-refractivity contribution is 5.97. The van der Waals surface area contributed by atoms with Gasteiger partial charge in [-0.05, 0) is 31.4 Å². The van der Waals surface area contributed by atoms with Crippen LogP contribution in [0, 0.1) is 12.8 Å². The van der Waals surface area contributed by atoms with E-state index in [0.717, 1.165) is 30.6 Å². The van der Waals surface area contributed by atoms with E-state index in [2.05, 4.69) is 11.8 Å². The summed E-state index contributed by atoms with van der Waals surface area (Å²) in [5.41, 5.74) is 1.87. The van der Waals surface area contributed by atoms with E-state index in [-0.39, 0.29) is 11.9 Å². The van der Waals surface area contributed by atoms with Crippen LogP contribution in [0.15, 0.2) is 24.3 Å². The van der Waals surface area contributed by atoms with Gasteiger partial charge in [0.05, 0.1) is 6.10 Å². The monoisotopic (exact) mass is 261 g/mol. The number of rotatable bonds is 4. The number of likely N-dealkylation sites (tertiary alicyclic amines) is 1. The first-order chi connectivity index (χ1) is 9.08. The van der Waals surface area contributed by atoms with E-state index < -0.39 is 0 Å². The van der Waals surface area contributed by atoms with Crippen molar-refractivity contribution in [1.29, 1.82) is 0 Å². The zero-order valence-corrected chi connectivity index (χ0v) is 11.8. The maximum absolute atomic E-state index is 12.2. The van der Waals surface area contributed by atoms with Gasteiger partial charge in [-0.2, -0.15) is 0 Å². The van der Waals surface area contributed by atoms with Crippen LogP contribution in [0.5, 0.6) is 0 Å². The van der Waals surface area contributed by atoms with Gasteiger partial charge in [0.2, 0.25) is 0 Å². The molecule has 0 amide bonds. The number of nitrogens with zero attached hydrogens (tertiary/aromatic N) is 1. The number of carbonyl (C=O) groups is 1. The molecule has 1 aliphatic heterocycles. The topological polar surface area (TPSA) is 40.5 Å². The molecule has 0 bridgehead atoms. The van der Waals surface area contributed by atoms with Crippen molar-refractivity contribution in [3.63, 3.8) is 0 Å². The fraction of sp³-hybridized carbons (Fsp3) is 0.562. The zero-order valence-electron chi connectivity index (χ0n) is 11.8. The Balaban J connectivity index is 1.86. The summed E-state index contributed by atoms with van der Waals surface area (Å²) in [4.78, 5) is 14.4. The number of aliphatic hydroxyl groups is 1. The third-order valence-electron chi connectivity index (χ3n) is 4.10. The minimum absolute atomic E-state index is 0.200. The van der Waals surface area contributed by atoms with E-state index in [0.29, 0.717) is 18.9 Å². The predicted molar refractivity (Wildman–Crippen MR) is 76.4 cm³/mol. The Labute approximate surface area is 115 Å². The van der Waals surface area contributed by atoms with Gasteiger partial charge in [-0.1, -0.05) is 31.2 Å². The van der Waals surface area contributed by atoms with Gasteiger partial charge < -0.3 is 10.0 Å². The molecule has 1 aliphatic rings. The summed E-state index contributed by atoms with van der Waals surface area (Å²) in [7, 11) is 0. The van der Waals surface area contributed by atoms with Crippen molar-refractivity contribution in [2.24, 2.45) is 5.92 Å². The van der Waals surface area contributed by atoms with Crippen LogP contribution in [-0.2, 0) is 0 Å². The highest BCUT2D eigenvalue weighted by atomic mass is 16.3. The number of Topliss-reactive ketones (excluding diaryl/α,β-unsaturated/α-hetero) is 1. The van der Waals surface area contributed by atoms with Gasteiger partial charge >= 0.3 is 0 Å². The predicted octanol–water partition coefficient (Wildman–Crippen LogP) is 2.27. The molecular formula is C16H23NO2. The summed E-state index contributed by atoms with van der Waals surface area (Å²) in [6.45, 7) is 6.48. The van der Waals surface area contributed by atoms with E-state index in [9.17, 15) is 9.90 Å². The summed E-state index contributed by atoms with van der Waals surface area (Å²) < 4.78 is 0. The molecule has 2 unspecified atom stereocenters. The second-order valence-electron chi connectivity index (χ2n) is 5.62. The molecular weight excluding hydrogens is 238 g/mol. The SMILES string of the molecule is Cc1ccccc1C(=O)CCN1CCC(C)C(O)C1. The average Bonchev–Trinajstić information content (AvgIpc) is 2.40. The van der Waals surface area contributed by atoms with E-state index in [1.807, 2.05) is 31.2 Å². The molecule has 0 saturated carbocycles. The highest BCUT2D eigenvalue weighted by Crippen LogP contribution is 2.17. The molecule has 1 heterocycles. The lowest BCUT2D eigenvalue weighted by atomic mass is 9.95. The number of hydrogen-bond donors (Lipinski definition) is 1. The number of benzene rings is 1. The van der Waals surface area contributed by atoms with E-state index >= 15 is 0 Å². The second kappa shape index (κ2) is 6.31. The Bertz CT molecular complexity index is 444. The number of aryl methyl sites for hydroxylation is 1. The summed E-state index contributed by atoms with van der Waals surface area (Å²) in [5, 5.41) is 9.85. The Morgan fingerprint density at radius 3 is 2.84 bits per heavy atom. The third-order valence-corrected chi connectivity index (χ3v) is 4.10. The maximum atomic E-state index is 12.2. The van der Waals surface area contributed by atoms with Crippen LogP contribution in [-0.4, -0.2) is 41.5 Å². The molecule has 2 atom stereocenters. The molecule has 0 aromatic heterocycles. The van der Waals surface area contributed by atoms with Crippen LogP contribution in [0.25, 0.3) is 0 Å². The fourth-order valence-electron chi connectivity index (χ4n) is 2.60. The second-order valence-corrected chi connectivity index (χ2v) is 5.62. The molecule has 1 N–H and O–H groups in total. The maximum Gasteiger partial charge on any atom is 0.164 e. The first kappa shape index (κ1) is 14.2. The highest BCUT2D eigenvalue weighted by Gasteiger charge is 2.24. The van der Waals surface area contributed by atoms with Crippen molar-refractivity contribution in [3.05, 3.63) is 35.4 Å². The summed E-state index contributed by atoms with van der Waals surface area (Å²) in [5.74, 6) is 0.578. The number of aliphatic hydroxyl groups excluding tert-OH is 1. The van der Waals surface area contributed by atoms with Gasteiger partial charge in [0.1, 0.15) is 0 Å². The number of carbonyl (C=O) groups excluding carboxylic acids is 1. The number of hydrogen-bond acceptors (Lipinski definition) is 3. The Kier molecular flexibility index (Phi) is 4.72. The van der Waals surface area contributed by atoms with Gasteiger partial charge in [0.15, 0.2) is 5.78 Å². The molecule has 3 nitrogen and oxygen atoms in total. The first-order valence-electron chi connectivity index (χ1n) is 7.07. The van der Waals surface area contributed by atoms with Crippen LogP contribution in [0.4, 0.5) is 0 Å². The minimum atomic E-state index is -0.248. The average molecular weight is 261 g/mol. The van der Waals surface area contributed by atoms with Crippen molar-refractivity contribution in [2.75, 3.05) is 19.6 Å². The lowest BCUT2D eigenvalue weighted by molar-refractivity contribution is 0.0287. The van der Waals surface area contributed by atoms with Crippen LogP contribution in [0.1, 0.15) is 35.7 Å². The summed E-state index contributed by atoms with van der Waals surface area (Å²) in [6.07, 6.45) is 1.30. The van der Waals surface area contributed by atoms with Crippen LogP contribution in [0.3, 0.4) is 0 Å². The van der Waals surface area contributed by atoms with Crippen LogP contribution in [0.2, 0.25) is 0 Å². The molecule has 3 heteroatoms. The van der Waals surface area contributed by atoms with Gasteiger partial charge in [0.25, 0.3) is 0 Å². The van der Waals surface area contributed by atoms with Crippen LogP contribution < -0.4 is 0 Å². The number of ketones is 1. The largest absolute Gasteiger partial charge is 0.392 e. The molecule has 1 aromatic rings. The quantitative estimate of drug-likeness (QED) is 0.845. The Hall–Kier alpha value is -1.19. The summed E-state index contributed by atoms with van der Waals surface area (Å²) >= 11 is 0. The molecule has 19 heavy (non-hydrogen) atoms. The molecule has 1 fully saturated rings. The molecule has 1 aromatic carbocycles. The molecule has 0 spiro atoms. The Morgan fingerprint density at radius 1 is 1.42 bits per heavy atom. The Morgan fingerprint density at radius 2 is 2.16 bits per heavy atom. The number of piperidine rings is 1. The van der Waals surface area contributed by atoms with E-state index in [1.54, 1.807) is 0 Å². The van der Waals surface area contributed by atoms with Crippen molar-refractivity contribution in [2.45, 2.75) is 32.8 Å². The lowest BCUT2D eigenvalue weighted by Gasteiger charge is -2.34. The standard InChI is InChI=1S/C16H23NO2/c1-12-5-3-4-6-14(12)15(18)8-10-17-9-7-13(2)16(19)11-17/h3-6,13,16,19H,7-11H2,1-2H3. The fourth-order valence-corrected chi connectivity index (χ4v) is 2.60. The molecule has 0 aliphatic carbocycles. The van der Waals surface area contributed by atoms with Crippen LogP contribution >= 0.6 is 0 Å². The molecule has 0 radical (unpaired) electrons. The smallest absolute Gasteiger partial charge is 0.164 e. The first-order valence-corrected chi connectivity index (χ1v) is 7.07. The van der Waals surface area contributed by atoms with Gasteiger partial charge in [-0.15, -0.1) is 0 Å². The van der Waals surface area contributed by atoms with Crippen molar-refractivity contribution in [3.8, 4) is 0 Å². The minimum Gasteiger partial charge on any atom is -0.392 e. The van der Waals surface area contributed by atoms with Crippen molar-refractivity contribution < 1.29 is 9.90 Å². The van der Waals surface area contributed by atoms with Gasteiger partial charge in [-0.3, -0.25) is 4.79 Å². The van der Waals surface area contributed by atoms with Crippen molar-refractivity contribution in [1.82, 2.24) is 4.90 Å². The number of β-amino-alcohol motifs (C(OH)–C–C–N with tert-alkyl or cyclic N) is 1. The summed E-state index contributed by atoms with van der Waals surface area (Å²) in [6, 6.07) is 7.73. The molecule has 1 saturated heterocycles. The van der Waals surface area contributed by atoms with Crippen molar-refractivity contribution >= 4 is 5.78 Å². The van der Waals surface area contributed by atoms with Gasteiger partial charge in [-0.25, -0.2) is 0 Å².